The van der Waals surface area contributed by atoms with Gasteiger partial charge in [-0.2, -0.15) is 0 Å². The van der Waals surface area contributed by atoms with Crippen molar-refractivity contribution in [3.63, 3.8) is 0 Å². The molecule has 0 bridgehead atoms. The molecule has 7 nitrogen and oxygen atoms in total. The van der Waals surface area contributed by atoms with Crippen molar-refractivity contribution >= 4 is 5.97 Å². The van der Waals surface area contributed by atoms with E-state index in [0.717, 1.165) is 27.8 Å². The van der Waals surface area contributed by atoms with Gasteiger partial charge in [0.2, 0.25) is 6.79 Å². The van der Waals surface area contributed by atoms with Crippen molar-refractivity contribution in [2.24, 2.45) is 0 Å². The van der Waals surface area contributed by atoms with E-state index in [1.807, 2.05) is 91.0 Å². The quantitative estimate of drug-likeness (QED) is 0.180. The molecule has 0 radical (unpaired) electrons. The number of aryl methyl sites for hydroxylation is 1. The maximum absolute atomic E-state index is 13.2. The standard InChI is InChI=1S/C33H32O7/c1-36-28-15-14-26(20-34)27(17-28)21-38-29-19-31-30(39-22-40-31)18-25(29)13-8-16-37-33(35)32(23-9-4-2-5-10-23)24-11-6-3-7-12-24/h2-7,9-12,14-15,17-19,32,34H,8,13,16,20-22H2,1H3. The molecule has 0 unspecified atom stereocenters. The van der Waals surface area contributed by atoms with Crippen molar-refractivity contribution in [2.45, 2.75) is 32.0 Å². The summed E-state index contributed by atoms with van der Waals surface area (Å²) in [6.45, 7) is 0.549. The van der Waals surface area contributed by atoms with Crippen molar-refractivity contribution in [1.82, 2.24) is 0 Å². The van der Waals surface area contributed by atoms with Gasteiger partial charge in [-0.3, -0.25) is 4.79 Å². The molecule has 0 fully saturated rings. The second-order valence-electron chi connectivity index (χ2n) is 9.42. The lowest BCUT2D eigenvalue weighted by Gasteiger charge is -2.17. The molecule has 40 heavy (non-hydrogen) atoms. The molecule has 0 saturated heterocycles. The normalized spacial score (nSPS) is 11.9. The molecule has 1 N–H and O–H groups in total. The SMILES string of the molecule is COc1ccc(CO)c(COc2cc3c(cc2CCCOC(=O)C(c2ccccc2)c2ccccc2)OCO3)c1. The molecule has 0 atom stereocenters. The summed E-state index contributed by atoms with van der Waals surface area (Å²) in [5, 5.41) is 9.76. The molecule has 0 saturated carbocycles. The minimum absolute atomic E-state index is 0.102. The number of carbonyl (C=O) groups excluding carboxylic acids is 1. The van der Waals surface area contributed by atoms with Crippen LogP contribution >= 0.6 is 0 Å². The zero-order valence-corrected chi connectivity index (χ0v) is 22.4. The second-order valence-corrected chi connectivity index (χ2v) is 9.42. The van der Waals surface area contributed by atoms with Gasteiger partial charge in [0.15, 0.2) is 11.5 Å². The number of aliphatic hydroxyl groups excluding tert-OH is 1. The molecule has 4 aromatic carbocycles. The zero-order chi connectivity index (χ0) is 27.7. The highest BCUT2D eigenvalue weighted by molar-refractivity contribution is 5.82. The van der Waals surface area contributed by atoms with Gasteiger partial charge >= 0.3 is 5.97 Å². The zero-order valence-electron chi connectivity index (χ0n) is 22.4. The molecule has 0 aliphatic carbocycles. The van der Waals surface area contributed by atoms with Crippen LogP contribution in [0.25, 0.3) is 0 Å². The first kappa shape index (κ1) is 27.1. The van der Waals surface area contributed by atoms with Gasteiger partial charge in [0, 0.05) is 6.07 Å². The Morgan fingerprint density at radius 1 is 0.850 bits per heavy atom. The van der Waals surface area contributed by atoms with E-state index >= 15 is 0 Å². The number of fused-ring (bicyclic) bond motifs is 1. The summed E-state index contributed by atoms with van der Waals surface area (Å²) in [5.41, 5.74) is 4.29. The van der Waals surface area contributed by atoms with Crippen molar-refractivity contribution in [3.05, 3.63) is 119 Å². The first-order valence-electron chi connectivity index (χ1n) is 13.2. The molecule has 1 aliphatic heterocycles. The molecule has 5 rings (SSSR count). The van der Waals surface area contributed by atoms with Gasteiger partial charge in [0.1, 0.15) is 24.0 Å². The van der Waals surface area contributed by atoms with Gasteiger partial charge in [-0.05, 0) is 58.9 Å². The van der Waals surface area contributed by atoms with Crippen LogP contribution in [0.2, 0.25) is 0 Å². The van der Waals surface area contributed by atoms with Crippen molar-refractivity contribution in [1.29, 1.82) is 0 Å². The molecule has 206 valence electrons. The Morgan fingerprint density at radius 2 is 1.52 bits per heavy atom. The number of aliphatic hydroxyl groups is 1. The predicted molar refractivity (Wildman–Crippen MR) is 150 cm³/mol. The first-order valence-corrected chi connectivity index (χ1v) is 13.2. The Bertz CT molecular complexity index is 1380. The molecule has 1 heterocycles. The molecular weight excluding hydrogens is 508 g/mol. The smallest absolute Gasteiger partial charge is 0.317 e. The lowest BCUT2D eigenvalue weighted by atomic mass is 9.91. The van der Waals surface area contributed by atoms with E-state index in [4.69, 9.17) is 23.7 Å². The van der Waals surface area contributed by atoms with Crippen LogP contribution in [0, 0.1) is 0 Å². The van der Waals surface area contributed by atoms with E-state index in [9.17, 15) is 9.90 Å². The third kappa shape index (κ3) is 6.38. The molecular formula is C33H32O7. The van der Waals surface area contributed by atoms with Gasteiger partial charge in [0.05, 0.1) is 20.3 Å². The number of benzene rings is 4. The highest BCUT2D eigenvalue weighted by Crippen LogP contribution is 2.39. The molecule has 0 spiro atoms. The minimum Gasteiger partial charge on any atom is -0.497 e. The molecule has 1 aliphatic rings. The lowest BCUT2D eigenvalue weighted by Crippen LogP contribution is -2.18. The Morgan fingerprint density at radius 3 is 2.17 bits per heavy atom. The monoisotopic (exact) mass is 540 g/mol. The van der Waals surface area contributed by atoms with Crippen LogP contribution in [0.1, 0.15) is 40.2 Å². The number of hydrogen-bond acceptors (Lipinski definition) is 7. The summed E-state index contributed by atoms with van der Waals surface area (Å²) < 4.78 is 28.5. The molecule has 7 heteroatoms. The molecule has 0 amide bonds. The van der Waals surface area contributed by atoms with Gasteiger partial charge < -0.3 is 28.8 Å². The van der Waals surface area contributed by atoms with Crippen LogP contribution in [0.4, 0.5) is 0 Å². The Kier molecular flexibility index (Phi) is 8.83. The van der Waals surface area contributed by atoms with Gasteiger partial charge in [-0.15, -0.1) is 0 Å². The molecule has 4 aromatic rings. The minimum atomic E-state index is -0.490. The van der Waals surface area contributed by atoms with Crippen LogP contribution in [-0.2, 0) is 29.2 Å². The predicted octanol–water partition coefficient (Wildman–Crippen LogP) is 5.80. The van der Waals surface area contributed by atoms with Gasteiger partial charge in [0.25, 0.3) is 0 Å². The number of ether oxygens (including phenoxy) is 5. The van der Waals surface area contributed by atoms with Gasteiger partial charge in [-0.25, -0.2) is 0 Å². The van der Waals surface area contributed by atoms with Crippen LogP contribution in [0.3, 0.4) is 0 Å². The van der Waals surface area contributed by atoms with Crippen LogP contribution in [0.15, 0.2) is 91.0 Å². The first-order chi connectivity index (χ1) is 19.7. The van der Waals surface area contributed by atoms with Gasteiger partial charge in [-0.1, -0.05) is 66.7 Å². The van der Waals surface area contributed by atoms with Crippen molar-refractivity contribution < 1.29 is 33.6 Å². The highest BCUT2D eigenvalue weighted by Gasteiger charge is 2.24. The average molecular weight is 541 g/mol. The van der Waals surface area contributed by atoms with Crippen molar-refractivity contribution in [3.8, 4) is 23.0 Å². The number of carbonyl (C=O) groups is 1. The summed E-state index contributed by atoms with van der Waals surface area (Å²) in [5.74, 6) is 1.84. The fraction of sp³-hybridized carbons (Fsp3) is 0.242. The number of hydrogen-bond donors (Lipinski definition) is 1. The summed E-state index contributed by atoms with van der Waals surface area (Å²) >= 11 is 0. The number of rotatable bonds is 12. The van der Waals surface area contributed by atoms with Crippen LogP contribution in [-0.4, -0.2) is 31.6 Å². The molecule has 0 aromatic heterocycles. The fourth-order valence-corrected chi connectivity index (χ4v) is 4.74. The summed E-state index contributed by atoms with van der Waals surface area (Å²) in [4.78, 5) is 13.2. The number of methoxy groups -OCH3 is 1. The van der Waals surface area contributed by atoms with E-state index in [1.165, 1.54) is 0 Å². The van der Waals surface area contributed by atoms with Crippen LogP contribution < -0.4 is 18.9 Å². The fourth-order valence-electron chi connectivity index (χ4n) is 4.74. The largest absolute Gasteiger partial charge is 0.497 e. The summed E-state index contributed by atoms with van der Waals surface area (Å²) in [7, 11) is 1.60. The third-order valence-corrected chi connectivity index (χ3v) is 6.86. The Labute approximate surface area is 233 Å². The Balaban J connectivity index is 1.26. The maximum atomic E-state index is 13.2. The number of esters is 1. The second kappa shape index (κ2) is 13.0. The van der Waals surface area contributed by atoms with E-state index in [2.05, 4.69) is 0 Å². The van der Waals surface area contributed by atoms with Crippen molar-refractivity contribution in [2.75, 3.05) is 20.5 Å². The summed E-state index contributed by atoms with van der Waals surface area (Å²) in [6, 6.07) is 28.6. The topological polar surface area (TPSA) is 83.5 Å². The maximum Gasteiger partial charge on any atom is 0.317 e. The van der Waals surface area contributed by atoms with Crippen LogP contribution in [0.5, 0.6) is 23.0 Å². The van der Waals surface area contributed by atoms with E-state index in [0.29, 0.717) is 35.8 Å². The summed E-state index contributed by atoms with van der Waals surface area (Å²) in [6.07, 6.45) is 1.20. The third-order valence-electron chi connectivity index (χ3n) is 6.86. The lowest BCUT2D eigenvalue weighted by molar-refractivity contribution is -0.144. The van der Waals surface area contributed by atoms with E-state index in [1.54, 1.807) is 7.11 Å². The van der Waals surface area contributed by atoms with E-state index in [-0.39, 0.29) is 32.6 Å². The van der Waals surface area contributed by atoms with E-state index < -0.39 is 5.92 Å². The average Bonchev–Trinajstić information content (AvgIpc) is 3.46. The highest BCUT2D eigenvalue weighted by atomic mass is 16.7. The Hall–Kier alpha value is -4.49.